The lowest BCUT2D eigenvalue weighted by atomic mass is 10.2. The average molecular weight is 403 g/mol. The Bertz CT molecular complexity index is 762. The molecule has 0 spiro atoms. The molecule has 0 aromatic heterocycles. The molecule has 1 saturated carbocycles. The second kappa shape index (κ2) is 8.83. The Kier molecular flexibility index (Phi) is 7.02. The van der Waals surface area contributed by atoms with E-state index in [-0.39, 0.29) is 21.9 Å². The van der Waals surface area contributed by atoms with Gasteiger partial charge in [0.05, 0.1) is 4.90 Å². The van der Waals surface area contributed by atoms with Crippen LogP contribution in [0.15, 0.2) is 29.2 Å². The maximum absolute atomic E-state index is 12.3. The van der Waals surface area contributed by atoms with Gasteiger partial charge in [0.1, 0.15) is 6.04 Å². The van der Waals surface area contributed by atoms with Gasteiger partial charge in [-0.05, 0) is 44.9 Å². The summed E-state index contributed by atoms with van der Waals surface area (Å²) in [6.07, 6.45) is 2.98. The molecule has 0 radical (unpaired) electrons. The van der Waals surface area contributed by atoms with Gasteiger partial charge >= 0.3 is 5.97 Å². The summed E-state index contributed by atoms with van der Waals surface area (Å²) in [6.45, 7) is 2.81. The van der Waals surface area contributed by atoms with E-state index < -0.39 is 28.1 Å². The summed E-state index contributed by atoms with van der Waals surface area (Å²) in [4.78, 5) is 24.1. The molecular formula is C17H23ClN2O5S. The van der Waals surface area contributed by atoms with E-state index in [1.807, 2.05) is 0 Å². The highest BCUT2D eigenvalue weighted by Crippen LogP contribution is 2.18. The molecule has 2 rings (SSSR count). The van der Waals surface area contributed by atoms with E-state index in [1.54, 1.807) is 6.07 Å². The molecule has 1 aliphatic carbocycles. The van der Waals surface area contributed by atoms with Crippen molar-refractivity contribution in [3.8, 4) is 0 Å². The van der Waals surface area contributed by atoms with Gasteiger partial charge in [-0.3, -0.25) is 9.59 Å². The van der Waals surface area contributed by atoms with Gasteiger partial charge in [-0.1, -0.05) is 30.5 Å². The first-order valence-corrected chi connectivity index (χ1v) is 10.3. The number of sulfonamides is 1. The van der Waals surface area contributed by atoms with Crippen LogP contribution in [0.25, 0.3) is 0 Å². The highest BCUT2D eigenvalue weighted by molar-refractivity contribution is 7.89. The highest BCUT2D eigenvalue weighted by atomic mass is 35.5. The van der Waals surface area contributed by atoms with Crippen LogP contribution in [-0.2, 0) is 24.3 Å². The Labute approximate surface area is 158 Å². The summed E-state index contributed by atoms with van der Waals surface area (Å²) >= 11 is 5.80. The predicted molar refractivity (Wildman–Crippen MR) is 97.2 cm³/mol. The Morgan fingerprint density at radius 2 is 1.88 bits per heavy atom. The molecule has 2 N–H and O–H groups in total. The van der Waals surface area contributed by atoms with Crippen molar-refractivity contribution in [2.75, 3.05) is 0 Å². The maximum Gasteiger partial charge on any atom is 0.324 e. The molecule has 7 nitrogen and oxygen atoms in total. The summed E-state index contributed by atoms with van der Waals surface area (Å²) < 4.78 is 31.9. The van der Waals surface area contributed by atoms with Crippen molar-refractivity contribution in [3.63, 3.8) is 0 Å². The number of carbonyl (C=O) groups is 2. The molecule has 0 aliphatic heterocycles. The van der Waals surface area contributed by atoms with Crippen LogP contribution in [0.1, 0.15) is 39.5 Å². The lowest BCUT2D eigenvalue weighted by Crippen LogP contribution is -2.45. The fourth-order valence-electron chi connectivity index (χ4n) is 2.70. The number of nitrogens with one attached hydrogen (secondary N) is 2. The van der Waals surface area contributed by atoms with Crippen molar-refractivity contribution < 1.29 is 22.7 Å². The third-order valence-corrected chi connectivity index (χ3v) is 5.93. The number of amides is 1. The van der Waals surface area contributed by atoms with E-state index in [2.05, 4.69) is 10.0 Å². The number of hydrogen-bond acceptors (Lipinski definition) is 5. The maximum atomic E-state index is 12.3. The number of halogens is 1. The smallest absolute Gasteiger partial charge is 0.324 e. The van der Waals surface area contributed by atoms with E-state index in [9.17, 15) is 18.0 Å². The van der Waals surface area contributed by atoms with E-state index in [1.165, 1.54) is 32.0 Å². The molecule has 9 heteroatoms. The van der Waals surface area contributed by atoms with Crippen LogP contribution >= 0.6 is 11.6 Å². The van der Waals surface area contributed by atoms with E-state index in [4.69, 9.17) is 16.3 Å². The van der Waals surface area contributed by atoms with Crippen molar-refractivity contribution in [2.24, 2.45) is 0 Å². The van der Waals surface area contributed by atoms with E-state index >= 15 is 0 Å². The zero-order chi connectivity index (χ0) is 19.3. The minimum Gasteiger partial charge on any atom is -0.451 e. The normalized spacial score (nSPS) is 17.5. The Morgan fingerprint density at radius 3 is 2.50 bits per heavy atom. The first kappa shape index (κ1) is 20.7. The van der Waals surface area contributed by atoms with Gasteiger partial charge in [0.2, 0.25) is 10.0 Å². The van der Waals surface area contributed by atoms with Crippen molar-refractivity contribution in [3.05, 3.63) is 29.3 Å². The van der Waals surface area contributed by atoms with Gasteiger partial charge in [0, 0.05) is 11.1 Å². The number of esters is 1. The fraction of sp³-hybridized carbons (Fsp3) is 0.529. The zero-order valence-electron chi connectivity index (χ0n) is 14.7. The zero-order valence-corrected chi connectivity index (χ0v) is 16.3. The molecule has 0 heterocycles. The van der Waals surface area contributed by atoms with E-state index in [0.717, 1.165) is 25.7 Å². The molecule has 144 valence electrons. The molecular weight excluding hydrogens is 380 g/mol. The summed E-state index contributed by atoms with van der Waals surface area (Å²) in [5.41, 5.74) is 0. The van der Waals surface area contributed by atoms with Gasteiger partial charge in [0.15, 0.2) is 6.10 Å². The van der Waals surface area contributed by atoms with Crippen LogP contribution in [0.4, 0.5) is 0 Å². The van der Waals surface area contributed by atoms with Crippen LogP contribution in [-0.4, -0.2) is 38.5 Å². The van der Waals surface area contributed by atoms with Crippen molar-refractivity contribution in [1.82, 2.24) is 10.0 Å². The van der Waals surface area contributed by atoms with Crippen molar-refractivity contribution in [2.45, 2.75) is 62.6 Å². The molecule has 1 aromatic rings. The number of benzene rings is 1. The molecule has 0 bridgehead atoms. The summed E-state index contributed by atoms with van der Waals surface area (Å²) in [6, 6.07) is 4.64. The second-order valence-electron chi connectivity index (χ2n) is 6.37. The van der Waals surface area contributed by atoms with Crippen LogP contribution in [0.5, 0.6) is 0 Å². The van der Waals surface area contributed by atoms with Crippen molar-refractivity contribution in [1.29, 1.82) is 0 Å². The summed E-state index contributed by atoms with van der Waals surface area (Å²) in [5.74, 6) is -1.21. The van der Waals surface area contributed by atoms with Gasteiger partial charge in [-0.15, -0.1) is 0 Å². The lowest BCUT2D eigenvalue weighted by Gasteiger charge is -2.19. The number of ether oxygens (including phenoxy) is 1. The van der Waals surface area contributed by atoms with Crippen LogP contribution in [0.2, 0.25) is 5.02 Å². The number of hydrogen-bond donors (Lipinski definition) is 2. The molecule has 2 unspecified atom stereocenters. The third-order valence-electron chi connectivity index (χ3n) is 4.16. The third kappa shape index (κ3) is 5.69. The van der Waals surface area contributed by atoms with E-state index in [0.29, 0.717) is 0 Å². The van der Waals surface area contributed by atoms with Crippen LogP contribution in [0, 0.1) is 0 Å². The Balaban J connectivity index is 1.90. The molecule has 1 aliphatic rings. The minimum absolute atomic E-state index is 0.0586. The monoisotopic (exact) mass is 402 g/mol. The molecule has 1 fully saturated rings. The first-order chi connectivity index (χ1) is 12.2. The standard InChI is InChI=1S/C17H23ClN2O5S/c1-11(20-26(23,24)15-9-5-6-13(18)10-15)17(22)25-12(2)16(21)19-14-7-3-4-8-14/h5-6,9-12,14,20H,3-4,7-8H2,1-2H3,(H,19,21). The Hall–Kier alpha value is -1.64. The average Bonchev–Trinajstić information content (AvgIpc) is 3.07. The van der Waals surface area contributed by atoms with Gasteiger partial charge in [-0.25, -0.2) is 8.42 Å². The number of carbonyl (C=O) groups excluding carboxylic acids is 2. The molecule has 0 saturated heterocycles. The van der Waals surface area contributed by atoms with Crippen LogP contribution in [0.3, 0.4) is 0 Å². The lowest BCUT2D eigenvalue weighted by molar-refractivity contribution is -0.156. The predicted octanol–water partition coefficient (Wildman–Crippen LogP) is 2.00. The topological polar surface area (TPSA) is 102 Å². The molecule has 26 heavy (non-hydrogen) atoms. The summed E-state index contributed by atoms with van der Waals surface area (Å²) in [5, 5.41) is 3.10. The largest absolute Gasteiger partial charge is 0.451 e. The molecule has 2 atom stereocenters. The van der Waals surface area contributed by atoms with Crippen LogP contribution < -0.4 is 10.0 Å². The van der Waals surface area contributed by atoms with Gasteiger partial charge < -0.3 is 10.1 Å². The molecule has 1 aromatic carbocycles. The van der Waals surface area contributed by atoms with Gasteiger partial charge in [0.25, 0.3) is 5.91 Å². The molecule has 1 amide bonds. The first-order valence-electron chi connectivity index (χ1n) is 8.48. The quantitative estimate of drug-likeness (QED) is 0.679. The minimum atomic E-state index is -3.94. The SMILES string of the molecule is CC(NS(=O)(=O)c1cccc(Cl)c1)C(=O)OC(C)C(=O)NC1CCCC1. The second-order valence-corrected chi connectivity index (χ2v) is 8.52. The van der Waals surface area contributed by atoms with Crippen molar-refractivity contribution >= 4 is 33.5 Å². The highest BCUT2D eigenvalue weighted by Gasteiger charge is 2.27. The summed E-state index contributed by atoms with van der Waals surface area (Å²) in [7, 11) is -3.94. The number of rotatable bonds is 7. The van der Waals surface area contributed by atoms with Gasteiger partial charge in [-0.2, -0.15) is 4.72 Å². The Morgan fingerprint density at radius 1 is 1.23 bits per heavy atom. The fourth-order valence-corrected chi connectivity index (χ4v) is 4.19.